The van der Waals surface area contributed by atoms with Gasteiger partial charge in [0.1, 0.15) is 0 Å². The van der Waals surface area contributed by atoms with E-state index < -0.39 is 12.4 Å². The van der Waals surface area contributed by atoms with Crippen molar-refractivity contribution in [2.45, 2.75) is 6.92 Å². The molecule has 0 aliphatic carbocycles. The molecule has 0 heterocycles. The summed E-state index contributed by atoms with van der Waals surface area (Å²) in [4.78, 5) is 9.75. The number of rotatable bonds is 1. The highest BCUT2D eigenvalue weighted by Gasteiger charge is 1.79. The molecule has 0 saturated carbocycles. The molecule has 0 N–H and O–H groups in total. The highest BCUT2D eigenvalue weighted by molar-refractivity contribution is 5.66. The zero-order valence-corrected chi connectivity index (χ0v) is 5.81. The first-order valence-electron chi connectivity index (χ1n) is 2.44. The second-order valence-electron chi connectivity index (χ2n) is 1.17. The fourth-order valence-corrected chi connectivity index (χ4v) is 0.117. The number of ether oxygens (including phenoxy) is 1. The average molecular weight is 168 g/mol. The normalized spacial score (nSPS) is 6.91. The van der Waals surface area contributed by atoms with Crippen LogP contribution < -0.4 is 0 Å². The summed E-state index contributed by atoms with van der Waals surface area (Å²) in [6, 6.07) is 0. The van der Waals surface area contributed by atoms with Crippen LogP contribution in [0, 0.1) is 0 Å². The molecule has 0 fully saturated rings. The standard InChI is InChI=1S/C4H6O2.C2HF3/c1-3-6-4(2)5;3-1-2(4)5/h3H,1H2,2H3;1H. The number of hydrogen-bond donors (Lipinski definition) is 0. The van der Waals surface area contributed by atoms with Gasteiger partial charge in [0.05, 0.1) is 6.26 Å². The minimum absolute atomic E-state index is 0.329. The molecular weight excluding hydrogens is 161 g/mol. The Morgan fingerprint density at radius 3 is 1.91 bits per heavy atom. The van der Waals surface area contributed by atoms with Crippen LogP contribution in [0.25, 0.3) is 0 Å². The van der Waals surface area contributed by atoms with Crippen molar-refractivity contribution in [3.8, 4) is 0 Å². The van der Waals surface area contributed by atoms with Crippen LogP contribution in [-0.2, 0) is 9.53 Å². The van der Waals surface area contributed by atoms with E-state index in [1.54, 1.807) is 0 Å². The number of carbonyl (C=O) groups excluding carboxylic acids is 1. The molecule has 11 heavy (non-hydrogen) atoms. The Labute approximate surface area is 62.0 Å². The maximum atomic E-state index is 10.2. The van der Waals surface area contributed by atoms with Crippen LogP contribution in [0.2, 0.25) is 0 Å². The van der Waals surface area contributed by atoms with Gasteiger partial charge in [-0.3, -0.25) is 4.79 Å². The van der Waals surface area contributed by atoms with Gasteiger partial charge < -0.3 is 4.74 Å². The Kier molecular flexibility index (Phi) is 9.87. The van der Waals surface area contributed by atoms with Gasteiger partial charge in [-0.2, -0.15) is 8.78 Å². The fraction of sp³-hybridized carbons (Fsp3) is 0.167. The molecule has 0 radical (unpaired) electrons. The van der Waals surface area contributed by atoms with Crippen molar-refractivity contribution < 1.29 is 22.7 Å². The molecule has 0 spiro atoms. The van der Waals surface area contributed by atoms with E-state index >= 15 is 0 Å². The van der Waals surface area contributed by atoms with Crippen LogP contribution in [0.3, 0.4) is 0 Å². The highest BCUT2D eigenvalue weighted by Crippen LogP contribution is 1.93. The van der Waals surface area contributed by atoms with E-state index in [1.807, 2.05) is 0 Å². The second-order valence-corrected chi connectivity index (χ2v) is 1.17. The number of halogens is 3. The molecule has 0 aliphatic heterocycles. The van der Waals surface area contributed by atoms with E-state index in [0.29, 0.717) is 0 Å². The molecule has 0 aromatic rings. The van der Waals surface area contributed by atoms with Crippen LogP contribution in [0.15, 0.2) is 25.3 Å². The van der Waals surface area contributed by atoms with E-state index in [1.165, 1.54) is 6.92 Å². The smallest absolute Gasteiger partial charge is 0.307 e. The van der Waals surface area contributed by atoms with Gasteiger partial charge in [-0.1, -0.05) is 6.58 Å². The van der Waals surface area contributed by atoms with Gasteiger partial charge in [-0.25, -0.2) is 4.39 Å². The van der Waals surface area contributed by atoms with Gasteiger partial charge in [-0.05, 0) is 0 Å². The van der Waals surface area contributed by atoms with Crippen molar-refractivity contribution in [1.29, 1.82) is 0 Å². The molecular formula is C6H7F3O2. The molecule has 0 bridgehead atoms. The van der Waals surface area contributed by atoms with Gasteiger partial charge in [0.15, 0.2) is 6.33 Å². The Balaban J connectivity index is 0. The minimum atomic E-state index is -2.29. The summed E-state index contributed by atoms with van der Waals surface area (Å²) in [5.41, 5.74) is 0. The minimum Gasteiger partial charge on any atom is -0.435 e. The molecule has 0 rings (SSSR count). The Morgan fingerprint density at radius 2 is 1.91 bits per heavy atom. The largest absolute Gasteiger partial charge is 0.435 e. The Morgan fingerprint density at radius 1 is 1.55 bits per heavy atom. The van der Waals surface area contributed by atoms with Gasteiger partial charge >= 0.3 is 5.97 Å². The molecule has 5 heteroatoms. The van der Waals surface area contributed by atoms with E-state index in [0.717, 1.165) is 6.26 Å². The third-order valence-corrected chi connectivity index (χ3v) is 0.332. The molecule has 64 valence electrons. The van der Waals surface area contributed by atoms with Crippen molar-refractivity contribution >= 4 is 5.97 Å². The third-order valence-electron chi connectivity index (χ3n) is 0.332. The zero-order valence-electron chi connectivity index (χ0n) is 5.81. The maximum Gasteiger partial charge on any atom is 0.307 e. The molecule has 0 aliphatic rings. The zero-order chi connectivity index (χ0) is 9.28. The van der Waals surface area contributed by atoms with Crippen LogP contribution in [0.5, 0.6) is 0 Å². The lowest BCUT2D eigenvalue weighted by molar-refractivity contribution is -0.135. The monoisotopic (exact) mass is 168 g/mol. The lowest BCUT2D eigenvalue weighted by Crippen LogP contribution is -1.87. The summed E-state index contributed by atoms with van der Waals surface area (Å²) in [7, 11) is 0. The topological polar surface area (TPSA) is 26.3 Å². The van der Waals surface area contributed by atoms with Crippen molar-refractivity contribution in [3.05, 3.63) is 25.3 Å². The number of esters is 1. The third kappa shape index (κ3) is 28.4. The van der Waals surface area contributed by atoms with Gasteiger partial charge in [0.25, 0.3) is 6.08 Å². The molecule has 0 amide bonds. The van der Waals surface area contributed by atoms with Gasteiger partial charge in [-0.15, -0.1) is 0 Å². The summed E-state index contributed by atoms with van der Waals surface area (Å²) in [5, 5.41) is 0. The van der Waals surface area contributed by atoms with E-state index in [4.69, 9.17) is 0 Å². The van der Waals surface area contributed by atoms with Crippen molar-refractivity contribution in [1.82, 2.24) is 0 Å². The van der Waals surface area contributed by atoms with Crippen molar-refractivity contribution in [2.75, 3.05) is 0 Å². The number of hydrogen-bond acceptors (Lipinski definition) is 2. The summed E-state index contributed by atoms with van der Waals surface area (Å²) in [6.07, 6.45) is -1.94. The molecule has 2 nitrogen and oxygen atoms in total. The Hall–Kier alpha value is -1.26. The predicted octanol–water partition coefficient (Wildman–Crippen LogP) is 2.39. The molecule has 0 saturated heterocycles. The Bertz CT molecular complexity index is 150. The summed E-state index contributed by atoms with van der Waals surface area (Å²) >= 11 is 0. The average Bonchev–Trinajstić information content (AvgIpc) is 1.89. The molecule has 0 atom stereocenters. The molecule has 0 aromatic carbocycles. The van der Waals surface area contributed by atoms with Gasteiger partial charge in [0, 0.05) is 6.92 Å². The number of carbonyl (C=O) groups is 1. The lowest BCUT2D eigenvalue weighted by Gasteiger charge is -1.83. The first kappa shape index (κ1) is 12.4. The highest BCUT2D eigenvalue weighted by atomic mass is 19.3. The molecule has 0 aromatic heterocycles. The molecule has 0 unspecified atom stereocenters. The summed E-state index contributed by atoms with van der Waals surface area (Å²) in [5.74, 6) is -0.329. The summed E-state index contributed by atoms with van der Waals surface area (Å²) in [6.45, 7) is 4.48. The van der Waals surface area contributed by atoms with Crippen LogP contribution in [0.4, 0.5) is 13.2 Å². The first-order valence-corrected chi connectivity index (χ1v) is 2.44. The fourth-order valence-electron chi connectivity index (χ4n) is 0.117. The maximum absolute atomic E-state index is 10.2. The van der Waals surface area contributed by atoms with E-state index in [-0.39, 0.29) is 5.97 Å². The quantitative estimate of drug-likeness (QED) is 0.443. The summed E-state index contributed by atoms with van der Waals surface area (Å²) < 4.78 is 34.9. The van der Waals surface area contributed by atoms with Crippen molar-refractivity contribution in [3.63, 3.8) is 0 Å². The van der Waals surface area contributed by atoms with Crippen LogP contribution in [0.1, 0.15) is 6.92 Å². The van der Waals surface area contributed by atoms with Crippen LogP contribution >= 0.6 is 0 Å². The second kappa shape index (κ2) is 8.74. The SMILES string of the molecule is C=COC(C)=O.FC=C(F)F. The predicted molar refractivity (Wildman–Crippen MR) is 33.4 cm³/mol. The lowest BCUT2D eigenvalue weighted by atomic mass is 10.8. The van der Waals surface area contributed by atoms with E-state index in [9.17, 15) is 18.0 Å². The van der Waals surface area contributed by atoms with Crippen molar-refractivity contribution in [2.24, 2.45) is 0 Å². The van der Waals surface area contributed by atoms with E-state index in [2.05, 4.69) is 11.3 Å². The van der Waals surface area contributed by atoms with Gasteiger partial charge in [0.2, 0.25) is 0 Å². The van der Waals surface area contributed by atoms with Crippen LogP contribution in [-0.4, -0.2) is 5.97 Å². The first-order chi connectivity index (χ1) is 5.04.